The first-order chi connectivity index (χ1) is 13.2. The molecule has 0 N–H and O–H groups in total. The Balaban J connectivity index is 1.40. The number of benzene rings is 1. The van der Waals surface area contributed by atoms with Crippen LogP contribution in [0.3, 0.4) is 0 Å². The number of piperidine rings is 1. The van der Waals surface area contributed by atoms with E-state index in [1.807, 2.05) is 0 Å². The Hall–Kier alpha value is -2.14. The molecule has 1 aromatic carbocycles. The van der Waals surface area contributed by atoms with Crippen molar-refractivity contribution in [2.75, 3.05) is 42.6 Å². The molecule has 2 aromatic rings. The summed E-state index contributed by atoms with van der Waals surface area (Å²) in [5.41, 5.74) is 2.62. The molecule has 0 amide bonds. The van der Waals surface area contributed by atoms with Crippen molar-refractivity contribution >= 4 is 11.6 Å². The highest BCUT2D eigenvalue weighted by atomic mass is 16.5. The fourth-order valence-electron chi connectivity index (χ4n) is 5.03. The zero-order valence-electron chi connectivity index (χ0n) is 16.1. The molecule has 5 nitrogen and oxygen atoms in total. The number of nitrogens with zero attached hydrogens (tertiary/aromatic N) is 4. The zero-order valence-corrected chi connectivity index (χ0v) is 16.1. The van der Waals surface area contributed by atoms with Gasteiger partial charge in [0.15, 0.2) is 0 Å². The van der Waals surface area contributed by atoms with Crippen molar-refractivity contribution in [1.82, 2.24) is 9.97 Å². The topological polar surface area (TPSA) is 41.5 Å². The van der Waals surface area contributed by atoms with E-state index >= 15 is 0 Å². The Labute approximate surface area is 161 Å². The molecular formula is C22H28N4O. The smallest absolute Gasteiger partial charge is 0.134 e. The number of fused-ring (bicyclic) bond motifs is 2. The van der Waals surface area contributed by atoms with Gasteiger partial charge in [0.25, 0.3) is 0 Å². The molecule has 0 saturated carbocycles. The van der Waals surface area contributed by atoms with Gasteiger partial charge in [0.2, 0.25) is 0 Å². The maximum absolute atomic E-state index is 6.37. The molecule has 5 rings (SSSR count). The van der Waals surface area contributed by atoms with Gasteiger partial charge in [-0.05, 0) is 42.7 Å². The highest BCUT2D eigenvalue weighted by Crippen LogP contribution is 2.42. The molecule has 0 bridgehead atoms. The average Bonchev–Trinajstić information content (AvgIpc) is 3.06. The second-order valence-corrected chi connectivity index (χ2v) is 8.35. The molecule has 2 saturated heterocycles. The van der Waals surface area contributed by atoms with Crippen LogP contribution in [-0.2, 0) is 16.8 Å². The molecule has 27 heavy (non-hydrogen) atoms. The number of rotatable bonds is 2. The molecule has 142 valence electrons. The van der Waals surface area contributed by atoms with Crippen molar-refractivity contribution in [3.63, 3.8) is 0 Å². The third-order valence-corrected chi connectivity index (χ3v) is 6.44. The van der Waals surface area contributed by atoms with Gasteiger partial charge in [-0.2, -0.15) is 0 Å². The van der Waals surface area contributed by atoms with Gasteiger partial charge in [-0.15, -0.1) is 0 Å². The van der Waals surface area contributed by atoms with Gasteiger partial charge in [-0.3, -0.25) is 0 Å². The molecule has 1 spiro atoms. The minimum atomic E-state index is -0.181. The van der Waals surface area contributed by atoms with Crippen LogP contribution in [0.4, 0.5) is 11.6 Å². The lowest BCUT2D eigenvalue weighted by molar-refractivity contribution is -0.0594. The van der Waals surface area contributed by atoms with E-state index in [0.717, 1.165) is 63.2 Å². The van der Waals surface area contributed by atoms with Crippen molar-refractivity contribution in [3.8, 4) is 0 Å². The van der Waals surface area contributed by atoms with E-state index in [1.165, 1.54) is 24.0 Å². The van der Waals surface area contributed by atoms with Gasteiger partial charge in [0, 0.05) is 25.7 Å². The summed E-state index contributed by atoms with van der Waals surface area (Å²) in [4.78, 5) is 14.0. The predicted molar refractivity (Wildman–Crippen MR) is 107 cm³/mol. The number of anilines is 2. The first kappa shape index (κ1) is 17.0. The first-order valence-corrected chi connectivity index (χ1v) is 10.3. The fraction of sp³-hybridized carbons (Fsp3) is 0.545. The molecule has 2 atom stereocenters. The second kappa shape index (κ2) is 6.79. The highest BCUT2D eigenvalue weighted by molar-refractivity contribution is 5.52. The van der Waals surface area contributed by atoms with Crippen LogP contribution in [0, 0.1) is 5.92 Å². The van der Waals surface area contributed by atoms with Crippen LogP contribution in [0.15, 0.2) is 36.7 Å². The first-order valence-electron chi connectivity index (χ1n) is 10.3. The van der Waals surface area contributed by atoms with Crippen LogP contribution >= 0.6 is 0 Å². The summed E-state index contributed by atoms with van der Waals surface area (Å²) in [5.74, 6) is 2.84. The van der Waals surface area contributed by atoms with Crippen LogP contribution < -0.4 is 9.80 Å². The Morgan fingerprint density at radius 2 is 1.96 bits per heavy atom. The number of morpholine rings is 1. The van der Waals surface area contributed by atoms with E-state index < -0.39 is 0 Å². The maximum atomic E-state index is 6.37. The van der Waals surface area contributed by atoms with Crippen LogP contribution in [0.2, 0.25) is 0 Å². The van der Waals surface area contributed by atoms with Crippen LogP contribution in [0.1, 0.15) is 37.3 Å². The van der Waals surface area contributed by atoms with Crippen molar-refractivity contribution in [1.29, 1.82) is 0 Å². The Kier molecular flexibility index (Phi) is 4.27. The van der Waals surface area contributed by atoms with E-state index in [2.05, 4.69) is 57.0 Å². The summed E-state index contributed by atoms with van der Waals surface area (Å²) in [6.45, 7) is 7.03. The molecule has 5 heteroatoms. The minimum Gasteiger partial charge on any atom is -0.367 e. The van der Waals surface area contributed by atoms with Crippen molar-refractivity contribution in [3.05, 3.63) is 47.8 Å². The number of aromatic nitrogens is 2. The summed E-state index contributed by atoms with van der Waals surface area (Å²) in [7, 11) is 0. The molecule has 3 aliphatic rings. The van der Waals surface area contributed by atoms with Gasteiger partial charge >= 0.3 is 0 Å². The van der Waals surface area contributed by atoms with Crippen LogP contribution in [0.5, 0.6) is 0 Å². The van der Waals surface area contributed by atoms with Gasteiger partial charge in [-0.1, -0.05) is 31.2 Å². The van der Waals surface area contributed by atoms with Gasteiger partial charge in [0.05, 0.1) is 13.2 Å². The summed E-state index contributed by atoms with van der Waals surface area (Å²) in [6.07, 6.45) is 6.46. The summed E-state index contributed by atoms with van der Waals surface area (Å²) in [6, 6.07) is 10.9. The highest BCUT2D eigenvalue weighted by Gasteiger charge is 2.43. The minimum absolute atomic E-state index is 0.181. The SMILES string of the molecule is CC1CCCN(c2cc(N3CCOC4(CCc5ccccc54)C3)ncn2)C1. The molecular weight excluding hydrogens is 336 g/mol. The number of hydrogen-bond donors (Lipinski definition) is 0. The lowest BCUT2D eigenvalue weighted by Gasteiger charge is -2.42. The van der Waals surface area contributed by atoms with Crippen LogP contribution in [0.25, 0.3) is 0 Å². The number of hydrogen-bond acceptors (Lipinski definition) is 5. The average molecular weight is 364 g/mol. The van der Waals surface area contributed by atoms with Gasteiger partial charge < -0.3 is 14.5 Å². The van der Waals surface area contributed by atoms with E-state index in [-0.39, 0.29) is 5.60 Å². The Bertz CT molecular complexity index is 821. The Morgan fingerprint density at radius 3 is 2.85 bits per heavy atom. The van der Waals surface area contributed by atoms with Gasteiger partial charge in [-0.25, -0.2) is 9.97 Å². The van der Waals surface area contributed by atoms with E-state index in [1.54, 1.807) is 6.33 Å². The normalized spacial score (nSPS) is 27.8. The second-order valence-electron chi connectivity index (χ2n) is 8.35. The van der Waals surface area contributed by atoms with Crippen molar-refractivity contribution < 1.29 is 4.74 Å². The standard InChI is InChI=1S/C22H28N4O/c1-17-5-4-10-25(14-17)20-13-21(24-16-23-20)26-11-12-27-22(15-26)9-8-18-6-2-3-7-19(18)22/h2-3,6-7,13,16-17H,4-5,8-12,14-15H2,1H3. The van der Waals surface area contributed by atoms with Crippen molar-refractivity contribution in [2.24, 2.45) is 5.92 Å². The third-order valence-electron chi connectivity index (χ3n) is 6.44. The van der Waals surface area contributed by atoms with E-state index in [4.69, 9.17) is 4.74 Å². The predicted octanol–water partition coefficient (Wildman–Crippen LogP) is 3.39. The summed E-state index contributed by atoms with van der Waals surface area (Å²) in [5, 5.41) is 0. The lowest BCUT2D eigenvalue weighted by atomic mass is 9.93. The molecule has 1 aromatic heterocycles. The largest absolute Gasteiger partial charge is 0.367 e. The molecule has 3 heterocycles. The molecule has 2 fully saturated rings. The van der Waals surface area contributed by atoms with E-state index in [9.17, 15) is 0 Å². The number of aryl methyl sites for hydroxylation is 1. The van der Waals surface area contributed by atoms with Crippen molar-refractivity contribution in [2.45, 2.75) is 38.2 Å². The maximum Gasteiger partial charge on any atom is 0.134 e. The molecule has 0 radical (unpaired) electrons. The summed E-state index contributed by atoms with van der Waals surface area (Å²) >= 11 is 0. The lowest BCUT2D eigenvalue weighted by Crippen LogP contribution is -2.49. The zero-order chi connectivity index (χ0) is 18.3. The molecule has 1 aliphatic carbocycles. The summed E-state index contributed by atoms with van der Waals surface area (Å²) < 4.78 is 6.37. The Morgan fingerprint density at radius 1 is 1.11 bits per heavy atom. The third kappa shape index (κ3) is 3.08. The molecule has 2 unspecified atom stereocenters. The van der Waals surface area contributed by atoms with Gasteiger partial charge in [0.1, 0.15) is 23.6 Å². The fourth-order valence-corrected chi connectivity index (χ4v) is 5.03. The monoisotopic (exact) mass is 364 g/mol. The van der Waals surface area contributed by atoms with Crippen LogP contribution in [-0.4, -0.2) is 42.8 Å². The van der Waals surface area contributed by atoms with E-state index in [0.29, 0.717) is 0 Å². The quantitative estimate of drug-likeness (QED) is 0.817. The molecule has 2 aliphatic heterocycles. The number of ether oxygens (including phenoxy) is 1.